The van der Waals surface area contributed by atoms with E-state index in [2.05, 4.69) is 24.3 Å². The number of nitrogens with one attached hydrogen (secondary N) is 1. The van der Waals surface area contributed by atoms with Gasteiger partial charge in [-0.25, -0.2) is 0 Å². The van der Waals surface area contributed by atoms with E-state index in [1.54, 1.807) is 0 Å². The van der Waals surface area contributed by atoms with Crippen LogP contribution in [0.4, 0.5) is 0 Å². The van der Waals surface area contributed by atoms with E-state index in [-0.39, 0.29) is 18.2 Å². The van der Waals surface area contributed by atoms with E-state index in [0.717, 1.165) is 5.56 Å². The molecule has 2 aromatic carbocycles. The first-order valence-corrected chi connectivity index (χ1v) is 4.56. The van der Waals surface area contributed by atoms with E-state index >= 15 is 0 Å². The van der Waals surface area contributed by atoms with E-state index in [0.29, 0.717) is 6.42 Å². The van der Waals surface area contributed by atoms with Crippen molar-refractivity contribution < 1.29 is 0 Å². The minimum atomic E-state index is 0. The van der Waals surface area contributed by atoms with Crippen molar-refractivity contribution in [2.24, 2.45) is 5.73 Å². The van der Waals surface area contributed by atoms with Gasteiger partial charge in [0.2, 0.25) is 0 Å². The maximum atomic E-state index is 7.22. The quantitative estimate of drug-likeness (QED) is 0.594. The first-order valence-electron chi connectivity index (χ1n) is 4.56. The highest BCUT2D eigenvalue weighted by Gasteiger charge is 1.97. The second kappa shape index (κ2) is 4.80. The Morgan fingerprint density at radius 2 is 1.73 bits per heavy atom. The van der Waals surface area contributed by atoms with Gasteiger partial charge >= 0.3 is 0 Å². The molecule has 0 heterocycles. The van der Waals surface area contributed by atoms with Gasteiger partial charge in [0, 0.05) is 6.42 Å². The molecule has 3 heteroatoms. The molecular formula is C12H13ClN2. The van der Waals surface area contributed by atoms with Crippen LogP contribution in [-0.2, 0) is 6.42 Å². The summed E-state index contributed by atoms with van der Waals surface area (Å²) in [5, 5.41) is 9.64. The Balaban J connectivity index is 0.00000112. The van der Waals surface area contributed by atoms with Crippen LogP contribution in [-0.4, -0.2) is 5.84 Å². The molecule has 0 radical (unpaired) electrons. The van der Waals surface area contributed by atoms with Gasteiger partial charge in [-0.05, 0) is 16.3 Å². The summed E-state index contributed by atoms with van der Waals surface area (Å²) >= 11 is 0. The van der Waals surface area contributed by atoms with Crippen LogP contribution in [0.2, 0.25) is 0 Å². The third kappa shape index (κ3) is 2.70. The molecule has 2 rings (SSSR count). The standard InChI is InChI=1S/C12H12N2.ClH/c13-12(14)8-9-5-6-10-3-1-2-4-11(10)7-9;/h1-7H,8H2,(H3,13,14);1H. The predicted molar refractivity (Wildman–Crippen MR) is 66.8 cm³/mol. The van der Waals surface area contributed by atoms with Crippen molar-refractivity contribution in [3.63, 3.8) is 0 Å². The van der Waals surface area contributed by atoms with Crippen molar-refractivity contribution in [1.29, 1.82) is 5.41 Å². The maximum Gasteiger partial charge on any atom is 0.0950 e. The number of fused-ring (bicyclic) bond motifs is 1. The Morgan fingerprint density at radius 3 is 2.40 bits per heavy atom. The van der Waals surface area contributed by atoms with Crippen molar-refractivity contribution in [1.82, 2.24) is 0 Å². The maximum absolute atomic E-state index is 7.22. The van der Waals surface area contributed by atoms with Gasteiger partial charge in [-0.15, -0.1) is 12.4 Å². The van der Waals surface area contributed by atoms with Crippen LogP contribution in [0.15, 0.2) is 42.5 Å². The van der Waals surface area contributed by atoms with E-state index in [1.807, 2.05) is 18.2 Å². The van der Waals surface area contributed by atoms with Crippen LogP contribution in [0.25, 0.3) is 10.8 Å². The van der Waals surface area contributed by atoms with Gasteiger partial charge in [0.25, 0.3) is 0 Å². The molecule has 0 unspecified atom stereocenters. The molecule has 2 aromatic rings. The molecule has 0 spiro atoms. The monoisotopic (exact) mass is 220 g/mol. The number of nitrogens with two attached hydrogens (primary N) is 1. The molecule has 0 aliphatic rings. The second-order valence-corrected chi connectivity index (χ2v) is 3.38. The topological polar surface area (TPSA) is 49.9 Å². The summed E-state index contributed by atoms with van der Waals surface area (Å²) in [6, 6.07) is 14.3. The number of benzene rings is 2. The zero-order valence-corrected chi connectivity index (χ0v) is 9.05. The molecule has 0 saturated heterocycles. The Labute approximate surface area is 95.0 Å². The van der Waals surface area contributed by atoms with Crippen molar-refractivity contribution in [3.8, 4) is 0 Å². The molecule has 0 bridgehead atoms. The SMILES string of the molecule is Cl.N=C(N)Cc1ccc2ccccc2c1. The van der Waals surface area contributed by atoms with Crippen molar-refractivity contribution in [2.75, 3.05) is 0 Å². The Hall–Kier alpha value is -1.54. The Bertz CT molecular complexity index is 480. The van der Waals surface area contributed by atoms with Crippen molar-refractivity contribution in [2.45, 2.75) is 6.42 Å². The lowest BCUT2D eigenvalue weighted by molar-refractivity contribution is 1.25. The van der Waals surface area contributed by atoms with Crippen LogP contribution in [0, 0.1) is 5.41 Å². The summed E-state index contributed by atoms with van der Waals surface area (Å²) in [5.41, 5.74) is 6.45. The molecule has 0 atom stereocenters. The number of hydrogen-bond acceptors (Lipinski definition) is 1. The van der Waals surface area contributed by atoms with Crippen LogP contribution >= 0.6 is 12.4 Å². The summed E-state index contributed by atoms with van der Waals surface area (Å²) < 4.78 is 0. The third-order valence-corrected chi connectivity index (χ3v) is 2.21. The van der Waals surface area contributed by atoms with Crippen molar-refractivity contribution in [3.05, 3.63) is 48.0 Å². The second-order valence-electron chi connectivity index (χ2n) is 3.38. The van der Waals surface area contributed by atoms with Crippen LogP contribution in [0.5, 0.6) is 0 Å². The normalized spacial score (nSPS) is 9.60. The highest BCUT2D eigenvalue weighted by molar-refractivity contribution is 5.86. The average Bonchev–Trinajstić information content (AvgIpc) is 2.17. The minimum absolute atomic E-state index is 0. The van der Waals surface area contributed by atoms with Gasteiger partial charge < -0.3 is 5.73 Å². The lowest BCUT2D eigenvalue weighted by Gasteiger charge is -2.02. The van der Waals surface area contributed by atoms with Gasteiger partial charge in [-0.1, -0.05) is 42.5 Å². The minimum Gasteiger partial charge on any atom is -0.387 e. The number of amidine groups is 1. The van der Waals surface area contributed by atoms with E-state index in [1.165, 1.54) is 10.8 Å². The van der Waals surface area contributed by atoms with E-state index < -0.39 is 0 Å². The zero-order chi connectivity index (χ0) is 9.97. The van der Waals surface area contributed by atoms with Gasteiger partial charge in [-0.3, -0.25) is 5.41 Å². The van der Waals surface area contributed by atoms with Gasteiger partial charge in [-0.2, -0.15) is 0 Å². The lowest BCUT2D eigenvalue weighted by atomic mass is 10.1. The number of halogens is 1. The van der Waals surface area contributed by atoms with Crippen LogP contribution < -0.4 is 5.73 Å². The average molecular weight is 221 g/mol. The zero-order valence-electron chi connectivity index (χ0n) is 8.23. The molecule has 0 aliphatic carbocycles. The molecule has 15 heavy (non-hydrogen) atoms. The van der Waals surface area contributed by atoms with Gasteiger partial charge in [0.05, 0.1) is 5.84 Å². The van der Waals surface area contributed by atoms with E-state index in [4.69, 9.17) is 11.1 Å². The first-order chi connectivity index (χ1) is 6.75. The molecule has 0 aromatic heterocycles. The molecule has 0 amide bonds. The number of rotatable bonds is 2. The highest BCUT2D eigenvalue weighted by Crippen LogP contribution is 2.15. The first kappa shape index (κ1) is 11.5. The van der Waals surface area contributed by atoms with Crippen LogP contribution in [0.1, 0.15) is 5.56 Å². The summed E-state index contributed by atoms with van der Waals surface area (Å²) in [7, 11) is 0. The molecular weight excluding hydrogens is 208 g/mol. The fraction of sp³-hybridized carbons (Fsp3) is 0.0833. The molecule has 78 valence electrons. The Kier molecular flexibility index (Phi) is 3.69. The van der Waals surface area contributed by atoms with Crippen molar-refractivity contribution >= 4 is 29.0 Å². The van der Waals surface area contributed by atoms with Gasteiger partial charge in [0.1, 0.15) is 0 Å². The lowest BCUT2D eigenvalue weighted by Crippen LogP contribution is -2.12. The predicted octanol–water partition coefficient (Wildman–Crippen LogP) is 2.74. The van der Waals surface area contributed by atoms with Crippen LogP contribution in [0.3, 0.4) is 0 Å². The van der Waals surface area contributed by atoms with Gasteiger partial charge in [0.15, 0.2) is 0 Å². The molecule has 0 aliphatic heterocycles. The third-order valence-electron chi connectivity index (χ3n) is 2.21. The summed E-state index contributed by atoms with van der Waals surface area (Å²) in [6.45, 7) is 0. The summed E-state index contributed by atoms with van der Waals surface area (Å²) in [4.78, 5) is 0. The fourth-order valence-corrected chi connectivity index (χ4v) is 1.57. The molecule has 0 fully saturated rings. The number of hydrogen-bond donors (Lipinski definition) is 2. The van der Waals surface area contributed by atoms with E-state index in [9.17, 15) is 0 Å². The largest absolute Gasteiger partial charge is 0.387 e. The smallest absolute Gasteiger partial charge is 0.0950 e. The Morgan fingerprint density at radius 1 is 1.07 bits per heavy atom. The molecule has 2 nitrogen and oxygen atoms in total. The molecule has 0 saturated carbocycles. The summed E-state index contributed by atoms with van der Waals surface area (Å²) in [6.07, 6.45) is 0.533. The fourth-order valence-electron chi connectivity index (χ4n) is 1.57. The highest BCUT2D eigenvalue weighted by atomic mass is 35.5. The summed E-state index contributed by atoms with van der Waals surface area (Å²) in [5.74, 6) is 0.209. The molecule has 3 N–H and O–H groups in total.